The molecule has 0 fully saturated rings. The Bertz CT molecular complexity index is 347. The second-order valence-electron chi connectivity index (χ2n) is 5.73. The van der Waals surface area contributed by atoms with E-state index in [1.54, 1.807) is 0 Å². The summed E-state index contributed by atoms with van der Waals surface area (Å²) in [6.45, 7) is 8.40. The normalized spacial score (nSPS) is 12.3. The van der Waals surface area contributed by atoms with Gasteiger partial charge in [0.05, 0.1) is 6.61 Å². The summed E-state index contributed by atoms with van der Waals surface area (Å²) in [5.41, 5.74) is 1.39. The third kappa shape index (κ3) is 7.52. The van der Waals surface area contributed by atoms with E-state index < -0.39 is 0 Å². The van der Waals surface area contributed by atoms with Crippen LogP contribution in [-0.4, -0.2) is 13.2 Å². The van der Waals surface area contributed by atoms with E-state index in [-0.39, 0.29) is 0 Å². The second-order valence-corrected chi connectivity index (χ2v) is 5.73. The van der Waals surface area contributed by atoms with Crippen molar-refractivity contribution in [2.75, 3.05) is 13.2 Å². The molecule has 0 aliphatic heterocycles. The first-order valence-electron chi connectivity index (χ1n) is 8.77. The van der Waals surface area contributed by atoms with Gasteiger partial charge in [0.15, 0.2) is 0 Å². The Morgan fingerprint density at radius 1 is 0.905 bits per heavy atom. The lowest BCUT2D eigenvalue weighted by atomic mass is 9.99. The molecule has 0 aliphatic carbocycles. The summed E-state index contributed by atoms with van der Waals surface area (Å²) in [4.78, 5) is 0. The van der Waals surface area contributed by atoms with E-state index in [1.165, 1.54) is 44.1 Å². The van der Waals surface area contributed by atoms with Crippen LogP contribution >= 0.6 is 0 Å². The van der Waals surface area contributed by atoms with Crippen molar-refractivity contribution in [3.8, 4) is 5.75 Å². The quantitative estimate of drug-likeness (QED) is 0.514. The Labute approximate surface area is 131 Å². The summed E-state index contributed by atoms with van der Waals surface area (Å²) in [7, 11) is 0. The standard InChI is InChI=1S/C19H33NO/c1-4-7-8-9-10-11-19(20-6-3)17-12-14-18(15-13-17)21-16-5-2/h12-15,19-20H,4-11,16H2,1-3H3. The molecule has 0 spiro atoms. The molecule has 0 bridgehead atoms. The van der Waals surface area contributed by atoms with Crippen LogP contribution in [-0.2, 0) is 0 Å². The van der Waals surface area contributed by atoms with Gasteiger partial charge in [0.2, 0.25) is 0 Å². The Hall–Kier alpha value is -1.02. The molecule has 1 unspecified atom stereocenters. The van der Waals surface area contributed by atoms with Gasteiger partial charge < -0.3 is 10.1 Å². The number of ether oxygens (including phenoxy) is 1. The van der Waals surface area contributed by atoms with Crippen LogP contribution in [0.1, 0.15) is 77.3 Å². The van der Waals surface area contributed by atoms with Gasteiger partial charge in [-0.05, 0) is 37.1 Å². The SMILES string of the molecule is CCCCCCCC(NCC)c1ccc(OCCC)cc1. The van der Waals surface area contributed by atoms with Gasteiger partial charge in [0.1, 0.15) is 5.75 Å². The first kappa shape index (κ1) is 18.0. The summed E-state index contributed by atoms with van der Waals surface area (Å²) < 4.78 is 5.65. The van der Waals surface area contributed by atoms with E-state index in [0.29, 0.717) is 6.04 Å². The Morgan fingerprint density at radius 3 is 2.24 bits per heavy atom. The lowest BCUT2D eigenvalue weighted by Gasteiger charge is -2.19. The Balaban J connectivity index is 2.46. The van der Waals surface area contributed by atoms with E-state index in [9.17, 15) is 0 Å². The van der Waals surface area contributed by atoms with Gasteiger partial charge in [0, 0.05) is 6.04 Å². The van der Waals surface area contributed by atoms with Crippen molar-refractivity contribution in [1.82, 2.24) is 5.32 Å². The molecule has 0 radical (unpaired) electrons. The van der Waals surface area contributed by atoms with Gasteiger partial charge >= 0.3 is 0 Å². The van der Waals surface area contributed by atoms with Gasteiger partial charge in [0.25, 0.3) is 0 Å². The van der Waals surface area contributed by atoms with Crippen LogP contribution in [0.2, 0.25) is 0 Å². The molecule has 0 heterocycles. The zero-order valence-corrected chi connectivity index (χ0v) is 14.2. The molecule has 0 saturated heterocycles. The highest BCUT2D eigenvalue weighted by Crippen LogP contribution is 2.23. The molecular formula is C19H33NO. The Morgan fingerprint density at radius 2 is 1.62 bits per heavy atom. The van der Waals surface area contributed by atoms with E-state index in [1.807, 2.05) is 0 Å². The second kappa shape index (κ2) is 11.6. The fraction of sp³-hybridized carbons (Fsp3) is 0.684. The van der Waals surface area contributed by atoms with E-state index in [0.717, 1.165) is 25.3 Å². The third-order valence-corrected chi connectivity index (χ3v) is 3.80. The molecule has 1 atom stereocenters. The highest BCUT2D eigenvalue weighted by Gasteiger charge is 2.09. The van der Waals surface area contributed by atoms with Crippen molar-refractivity contribution in [3.63, 3.8) is 0 Å². The average Bonchev–Trinajstić information content (AvgIpc) is 2.52. The van der Waals surface area contributed by atoms with Gasteiger partial charge in [-0.15, -0.1) is 0 Å². The minimum absolute atomic E-state index is 0.483. The number of rotatable bonds is 12. The van der Waals surface area contributed by atoms with Crippen LogP contribution in [0.4, 0.5) is 0 Å². The maximum Gasteiger partial charge on any atom is 0.119 e. The van der Waals surface area contributed by atoms with E-state index >= 15 is 0 Å². The molecule has 0 aromatic heterocycles. The van der Waals surface area contributed by atoms with Gasteiger partial charge in [-0.1, -0.05) is 65.0 Å². The van der Waals surface area contributed by atoms with Crippen LogP contribution in [0, 0.1) is 0 Å². The molecule has 1 aromatic rings. The molecule has 120 valence electrons. The van der Waals surface area contributed by atoms with Crippen molar-refractivity contribution in [2.24, 2.45) is 0 Å². The monoisotopic (exact) mass is 291 g/mol. The third-order valence-electron chi connectivity index (χ3n) is 3.80. The molecular weight excluding hydrogens is 258 g/mol. The minimum Gasteiger partial charge on any atom is -0.494 e. The maximum absolute atomic E-state index is 5.65. The molecule has 1 aromatic carbocycles. The fourth-order valence-corrected chi connectivity index (χ4v) is 2.60. The summed E-state index contributed by atoms with van der Waals surface area (Å²) >= 11 is 0. The zero-order chi connectivity index (χ0) is 15.3. The minimum atomic E-state index is 0.483. The van der Waals surface area contributed by atoms with Gasteiger partial charge in [-0.2, -0.15) is 0 Å². The summed E-state index contributed by atoms with van der Waals surface area (Å²) in [5.74, 6) is 0.985. The summed E-state index contributed by atoms with van der Waals surface area (Å²) in [6.07, 6.45) is 9.01. The van der Waals surface area contributed by atoms with Crippen molar-refractivity contribution in [3.05, 3.63) is 29.8 Å². The van der Waals surface area contributed by atoms with Crippen LogP contribution in [0.5, 0.6) is 5.75 Å². The largest absolute Gasteiger partial charge is 0.494 e. The number of hydrogen-bond donors (Lipinski definition) is 1. The lowest BCUT2D eigenvalue weighted by molar-refractivity contribution is 0.317. The summed E-state index contributed by atoms with van der Waals surface area (Å²) in [6, 6.07) is 9.12. The van der Waals surface area contributed by atoms with Gasteiger partial charge in [-0.3, -0.25) is 0 Å². The highest BCUT2D eigenvalue weighted by atomic mass is 16.5. The molecule has 21 heavy (non-hydrogen) atoms. The van der Waals surface area contributed by atoms with E-state index in [4.69, 9.17) is 4.74 Å². The summed E-state index contributed by atoms with van der Waals surface area (Å²) in [5, 5.41) is 3.61. The van der Waals surface area contributed by atoms with Crippen LogP contribution < -0.4 is 10.1 Å². The molecule has 2 heteroatoms. The predicted molar refractivity (Wildman–Crippen MR) is 92.0 cm³/mol. The van der Waals surface area contributed by atoms with Crippen LogP contribution in [0.15, 0.2) is 24.3 Å². The lowest BCUT2D eigenvalue weighted by Crippen LogP contribution is -2.20. The van der Waals surface area contributed by atoms with Crippen molar-refractivity contribution in [1.29, 1.82) is 0 Å². The maximum atomic E-state index is 5.65. The first-order chi connectivity index (χ1) is 10.3. The molecule has 1 rings (SSSR count). The highest BCUT2D eigenvalue weighted by molar-refractivity contribution is 5.29. The smallest absolute Gasteiger partial charge is 0.119 e. The number of hydrogen-bond acceptors (Lipinski definition) is 2. The zero-order valence-electron chi connectivity index (χ0n) is 14.2. The van der Waals surface area contributed by atoms with Gasteiger partial charge in [-0.25, -0.2) is 0 Å². The number of nitrogens with one attached hydrogen (secondary N) is 1. The van der Waals surface area contributed by atoms with Crippen LogP contribution in [0.25, 0.3) is 0 Å². The number of benzene rings is 1. The van der Waals surface area contributed by atoms with Crippen molar-refractivity contribution < 1.29 is 4.74 Å². The first-order valence-corrected chi connectivity index (χ1v) is 8.77. The molecule has 0 aliphatic rings. The van der Waals surface area contributed by atoms with Crippen molar-refractivity contribution in [2.45, 2.75) is 71.8 Å². The fourth-order valence-electron chi connectivity index (χ4n) is 2.60. The molecule has 0 saturated carbocycles. The predicted octanol–water partition coefficient (Wildman–Crippen LogP) is 5.49. The topological polar surface area (TPSA) is 21.3 Å². The van der Waals surface area contributed by atoms with E-state index in [2.05, 4.69) is 50.4 Å². The molecule has 2 nitrogen and oxygen atoms in total. The Kier molecular flexibility index (Phi) is 9.98. The van der Waals surface area contributed by atoms with Crippen molar-refractivity contribution >= 4 is 0 Å². The molecule has 0 amide bonds. The average molecular weight is 291 g/mol. The molecule has 1 N–H and O–H groups in total. The number of unbranched alkanes of at least 4 members (excludes halogenated alkanes) is 4. The van der Waals surface area contributed by atoms with Crippen LogP contribution in [0.3, 0.4) is 0 Å².